The number of aromatic hydroxyl groups is 2. The Morgan fingerprint density at radius 3 is 2.75 bits per heavy atom. The molecule has 1 amide bonds. The molecule has 0 aliphatic rings. The molecule has 0 radical (unpaired) electrons. The Hall–Kier alpha value is -3.02. The Morgan fingerprint density at radius 2 is 2.00 bits per heavy atom. The van der Waals surface area contributed by atoms with Crippen LogP contribution < -0.4 is 5.32 Å². The predicted molar refractivity (Wildman–Crippen MR) is 90.0 cm³/mol. The molecule has 1 aromatic heterocycles. The number of carbonyl (C=O) groups excluding carboxylic acids is 1. The van der Waals surface area contributed by atoms with Crippen LogP contribution in [0.25, 0.3) is 11.1 Å². The summed E-state index contributed by atoms with van der Waals surface area (Å²) in [5.74, 6) is -0.231. The molecule has 0 saturated carbocycles. The molecule has 0 aliphatic heterocycles. The summed E-state index contributed by atoms with van der Waals surface area (Å²) in [5, 5.41) is 21.7. The fourth-order valence-corrected chi connectivity index (χ4v) is 2.53. The standard InChI is InChI=1S/C18H18N2O4/c1-10(7-12-3-6-15(21)16(22)8-12)18(23)20-13-4-5-14-17(9-13)24-11(2)19-14/h3-6,8-10,21-22H,7H2,1-2H3,(H,20,23). The summed E-state index contributed by atoms with van der Waals surface area (Å²) in [6.07, 6.45) is 0.448. The van der Waals surface area contributed by atoms with Gasteiger partial charge < -0.3 is 19.9 Å². The minimum Gasteiger partial charge on any atom is -0.504 e. The third-order valence-corrected chi connectivity index (χ3v) is 3.79. The number of carbonyl (C=O) groups is 1. The van der Waals surface area contributed by atoms with Gasteiger partial charge in [0, 0.05) is 24.6 Å². The summed E-state index contributed by atoms with van der Waals surface area (Å²) in [6, 6.07) is 9.87. The maximum atomic E-state index is 12.3. The van der Waals surface area contributed by atoms with Crippen molar-refractivity contribution in [2.75, 3.05) is 5.32 Å². The van der Waals surface area contributed by atoms with Crippen LogP contribution in [0, 0.1) is 12.8 Å². The largest absolute Gasteiger partial charge is 0.504 e. The van der Waals surface area contributed by atoms with Crippen molar-refractivity contribution >= 4 is 22.7 Å². The summed E-state index contributed by atoms with van der Waals surface area (Å²) in [5.41, 5.74) is 2.79. The molecule has 0 saturated heterocycles. The average molecular weight is 326 g/mol. The highest BCUT2D eigenvalue weighted by Crippen LogP contribution is 2.26. The lowest BCUT2D eigenvalue weighted by molar-refractivity contribution is -0.119. The minimum absolute atomic E-state index is 0.141. The van der Waals surface area contributed by atoms with Crippen molar-refractivity contribution in [1.82, 2.24) is 4.98 Å². The van der Waals surface area contributed by atoms with Gasteiger partial charge >= 0.3 is 0 Å². The van der Waals surface area contributed by atoms with Crippen LogP contribution in [0.4, 0.5) is 5.69 Å². The number of nitrogens with zero attached hydrogens (tertiary/aromatic N) is 1. The van der Waals surface area contributed by atoms with E-state index in [1.165, 1.54) is 12.1 Å². The van der Waals surface area contributed by atoms with Crippen molar-refractivity contribution in [3.8, 4) is 11.5 Å². The molecule has 1 heterocycles. The van der Waals surface area contributed by atoms with Gasteiger partial charge in [0.25, 0.3) is 0 Å². The van der Waals surface area contributed by atoms with Crippen molar-refractivity contribution < 1.29 is 19.4 Å². The second kappa shape index (κ2) is 6.23. The lowest BCUT2D eigenvalue weighted by Crippen LogP contribution is -2.22. The monoisotopic (exact) mass is 326 g/mol. The van der Waals surface area contributed by atoms with E-state index in [9.17, 15) is 15.0 Å². The van der Waals surface area contributed by atoms with Gasteiger partial charge in [-0.05, 0) is 36.2 Å². The Balaban J connectivity index is 1.69. The molecule has 1 atom stereocenters. The first-order chi connectivity index (χ1) is 11.4. The summed E-state index contributed by atoms with van der Waals surface area (Å²) in [4.78, 5) is 16.6. The molecule has 0 spiro atoms. The molecule has 124 valence electrons. The van der Waals surface area contributed by atoms with Gasteiger partial charge in [0.15, 0.2) is 23.0 Å². The first-order valence-corrected chi connectivity index (χ1v) is 7.61. The Kier molecular flexibility index (Phi) is 4.12. The summed E-state index contributed by atoms with van der Waals surface area (Å²) < 4.78 is 5.46. The number of rotatable bonds is 4. The predicted octanol–water partition coefficient (Wildman–Crippen LogP) is 3.36. The fraction of sp³-hybridized carbons (Fsp3) is 0.222. The number of hydrogen-bond donors (Lipinski definition) is 3. The maximum absolute atomic E-state index is 12.3. The molecule has 0 aliphatic carbocycles. The van der Waals surface area contributed by atoms with Gasteiger partial charge in [-0.1, -0.05) is 13.0 Å². The molecule has 6 heteroatoms. The molecule has 1 unspecified atom stereocenters. The normalized spacial score (nSPS) is 12.2. The molecule has 2 aromatic carbocycles. The van der Waals surface area contributed by atoms with Gasteiger partial charge in [0.05, 0.1) is 0 Å². The highest BCUT2D eigenvalue weighted by molar-refractivity contribution is 5.94. The first-order valence-electron chi connectivity index (χ1n) is 7.61. The van der Waals surface area contributed by atoms with E-state index in [1.54, 1.807) is 38.1 Å². The number of amides is 1. The highest BCUT2D eigenvalue weighted by atomic mass is 16.3. The van der Waals surface area contributed by atoms with Crippen LogP contribution in [0.3, 0.4) is 0 Å². The lowest BCUT2D eigenvalue weighted by atomic mass is 10.00. The number of phenols is 2. The second-order valence-corrected chi connectivity index (χ2v) is 5.83. The number of benzene rings is 2. The smallest absolute Gasteiger partial charge is 0.227 e. The zero-order chi connectivity index (χ0) is 17.3. The molecule has 3 rings (SSSR count). The average Bonchev–Trinajstić information content (AvgIpc) is 2.90. The van der Waals surface area contributed by atoms with Crippen molar-refractivity contribution in [1.29, 1.82) is 0 Å². The van der Waals surface area contributed by atoms with Crippen LogP contribution in [0.2, 0.25) is 0 Å². The SMILES string of the molecule is Cc1nc2ccc(NC(=O)C(C)Cc3ccc(O)c(O)c3)cc2o1. The molecule has 3 aromatic rings. The van der Waals surface area contributed by atoms with E-state index in [2.05, 4.69) is 10.3 Å². The number of anilines is 1. The van der Waals surface area contributed by atoms with Crippen molar-refractivity contribution in [3.63, 3.8) is 0 Å². The summed E-state index contributed by atoms with van der Waals surface area (Å²) in [6.45, 7) is 3.57. The maximum Gasteiger partial charge on any atom is 0.227 e. The highest BCUT2D eigenvalue weighted by Gasteiger charge is 2.15. The number of aryl methyl sites for hydroxylation is 1. The third kappa shape index (κ3) is 3.32. The van der Waals surface area contributed by atoms with E-state index >= 15 is 0 Å². The van der Waals surface area contributed by atoms with E-state index in [1.807, 2.05) is 0 Å². The van der Waals surface area contributed by atoms with Crippen LogP contribution in [0.1, 0.15) is 18.4 Å². The van der Waals surface area contributed by atoms with Crippen molar-refractivity contribution in [3.05, 3.63) is 47.9 Å². The van der Waals surface area contributed by atoms with E-state index in [0.29, 0.717) is 23.6 Å². The summed E-state index contributed by atoms with van der Waals surface area (Å²) in [7, 11) is 0. The van der Waals surface area contributed by atoms with Crippen LogP contribution >= 0.6 is 0 Å². The lowest BCUT2D eigenvalue weighted by Gasteiger charge is -2.12. The second-order valence-electron chi connectivity index (χ2n) is 5.83. The molecule has 6 nitrogen and oxygen atoms in total. The first kappa shape index (κ1) is 15.9. The number of aromatic nitrogens is 1. The van der Waals surface area contributed by atoms with Gasteiger partial charge in [-0.15, -0.1) is 0 Å². The molecule has 24 heavy (non-hydrogen) atoms. The Labute approximate surface area is 138 Å². The van der Waals surface area contributed by atoms with Crippen LogP contribution in [0.15, 0.2) is 40.8 Å². The zero-order valence-electron chi connectivity index (χ0n) is 13.4. The molecule has 0 bridgehead atoms. The van der Waals surface area contributed by atoms with Gasteiger partial charge in [-0.3, -0.25) is 4.79 Å². The van der Waals surface area contributed by atoms with Gasteiger partial charge in [-0.2, -0.15) is 0 Å². The van der Waals surface area contributed by atoms with Crippen molar-refractivity contribution in [2.24, 2.45) is 5.92 Å². The Morgan fingerprint density at radius 1 is 1.21 bits per heavy atom. The topological polar surface area (TPSA) is 95.6 Å². The number of fused-ring (bicyclic) bond motifs is 1. The number of hydrogen-bond acceptors (Lipinski definition) is 5. The van der Waals surface area contributed by atoms with E-state index in [-0.39, 0.29) is 23.3 Å². The number of oxazole rings is 1. The van der Waals surface area contributed by atoms with Gasteiger partial charge in [0.1, 0.15) is 5.52 Å². The molecule has 3 N–H and O–H groups in total. The summed E-state index contributed by atoms with van der Waals surface area (Å²) >= 11 is 0. The van der Waals surface area contributed by atoms with Crippen molar-refractivity contribution in [2.45, 2.75) is 20.3 Å². The minimum atomic E-state index is -0.305. The molecular formula is C18H18N2O4. The molecular weight excluding hydrogens is 308 g/mol. The van der Waals surface area contributed by atoms with Crippen LogP contribution in [0.5, 0.6) is 11.5 Å². The van der Waals surface area contributed by atoms with Crippen LogP contribution in [-0.2, 0) is 11.2 Å². The van der Waals surface area contributed by atoms with E-state index < -0.39 is 0 Å². The van der Waals surface area contributed by atoms with Crippen LogP contribution in [-0.4, -0.2) is 21.1 Å². The zero-order valence-corrected chi connectivity index (χ0v) is 13.4. The van der Waals surface area contributed by atoms with Gasteiger partial charge in [-0.25, -0.2) is 4.98 Å². The van der Waals surface area contributed by atoms with E-state index in [4.69, 9.17) is 4.42 Å². The fourth-order valence-electron chi connectivity index (χ4n) is 2.53. The van der Waals surface area contributed by atoms with Gasteiger partial charge in [0.2, 0.25) is 5.91 Å². The Bertz CT molecular complexity index is 901. The number of phenolic OH excluding ortho intramolecular Hbond substituents is 2. The van der Waals surface area contributed by atoms with E-state index in [0.717, 1.165) is 11.1 Å². The number of nitrogens with one attached hydrogen (secondary N) is 1. The quantitative estimate of drug-likeness (QED) is 0.639. The third-order valence-electron chi connectivity index (χ3n) is 3.79. The molecule has 0 fully saturated rings.